The fourth-order valence-corrected chi connectivity index (χ4v) is 2.72. The van der Waals surface area contributed by atoms with Crippen molar-refractivity contribution in [2.24, 2.45) is 4.99 Å². The van der Waals surface area contributed by atoms with Crippen molar-refractivity contribution in [3.63, 3.8) is 0 Å². The van der Waals surface area contributed by atoms with Gasteiger partial charge in [-0.25, -0.2) is 4.99 Å². The van der Waals surface area contributed by atoms with Crippen molar-refractivity contribution in [1.82, 2.24) is 0 Å². The van der Waals surface area contributed by atoms with Crippen LogP contribution in [0.4, 0.5) is 32.0 Å². The number of methoxy groups -OCH3 is 1. The predicted molar refractivity (Wildman–Crippen MR) is 101 cm³/mol. The quantitative estimate of drug-likeness (QED) is 0.330. The van der Waals surface area contributed by atoms with E-state index in [1.165, 1.54) is 31.4 Å². The van der Waals surface area contributed by atoms with E-state index in [0.717, 1.165) is 24.3 Å². The van der Waals surface area contributed by atoms with Gasteiger partial charge in [0.15, 0.2) is 0 Å². The van der Waals surface area contributed by atoms with Crippen LogP contribution in [-0.4, -0.2) is 12.8 Å². The van der Waals surface area contributed by atoms with Crippen LogP contribution in [0.3, 0.4) is 0 Å². The lowest BCUT2D eigenvalue weighted by Crippen LogP contribution is -2.07. The van der Waals surface area contributed by atoms with Crippen molar-refractivity contribution in [2.75, 3.05) is 7.11 Å². The Bertz CT molecular complexity index is 1020. The molecule has 0 heterocycles. The van der Waals surface area contributed by atoms with E-state index in [1.807, 2.05) is 0 Å². The lowest BCUT2D eigenvalue weighted by atomic mass is 10.0. The molecule has 0 spiro atoms. The van der Waals surface area contributed by atoms with Gasteiger partial charge in [0.25, 0.3) is 0 Å². The highest BCUT2D eigenvalue weighted by Crippen LogP contribution is 2.32. The molecule has 0 aromatic heterocycles. The molecule has 0 aliphatic heterocycles. The molecule has 0 saturated carbocycles. The summed E-state index contributed by atoms with van der Waals surface area (Å²) < 4.78 is 82.0. The van der Waals surface area contributed by atoms with Gasteiger partial charge in [0.1, 0.15) is 5.75 Å². The van der Waals surface area contributed by atoms with Gasteiger partial charge in [-0.05, 0) is 60.7 Å². The number of aliphatic imine (C=N–C) groups is 1. The average molecular weight is 423 g/mol. The Morgan fingerprint density at radius 3 is 1.43 bits per heavy atom. The minimum Gasteiger partial charge on any atom is -0.497 e. The topological polar surface area (TPSA) is 21.6 Å². The summed E-state index contributed by atoms with van der Waals surface area (Å²) in [6, 6.07) is 15.3. The van der Waals surface area contributed by atoms with E-state index in [1.54, 1.807) is 24.3 Å². The monoisotopic (exact) mass is 423 g/mol. The number of halogens is 6. The fraction of sp³-hybridized carbons (Fsp3) is 0.136. The Kier molecular flexibility index (Phi) is 5.87. The van der Waals surface area contributed by atoms with Crippen LogP contribution in [-0.2, 0) is 12.4 Å². The average Bonchev–Trinajstić information content (AvgIpc) is 2.71. The van der Waals surface area contributed by atoms with Crippen LogP contribution in [0.2, 0.25) is 0 Å². The minimum absolute atomic E-state index is 0.230. The van der Waals surface area contributed by atoms with Crippen LogP contribution in [0.5, 0.6) is 5.75 Å². The SMILES string of the molecule is COc1ccc(C(=Nc2ccc(C(F)(F)F)cc2)c2ccc(C(F)(F)F)cc2)cc1. The number of hydrogen-bond acceptors (Lipinski definition) is 2. The summed E-state index contributed by atoms with van der Waals surface area (Å²) in [5.41, 5.74) is -0.139. The summed E-state index contributed by atoms with van der Waals surface area (Å²) in [6.45, 7) is 0. The molecule has 8 heteroatoms. The number of nitrogens with zero attached hydrogens (tertiary/aromatic N) is 1. The number of ether oxygens (including phenoxy) is 1. The van der Waals surface area contributed by atoms with Crippen LogP contribution in [0, 0.1) is 0 Å². The van der Waals surface area contributed by atoms with E-state index in [4.69, 9.17) is 4.74 Å². The highest BCUT2D eigenvalue weighted by Gasteiger charge is 2.31. The molecule has 0 radical (unpaired) electrons. The van der Waals surface area contributed by atoms with E-state index in [-0.39, 0.29) is 5.69 Å². The van der Waals surface area contributed by atoms with Gasteiger partial charge in [-0.15, -0.1) is 0 Å². The molecule has 0 fully saturated rings. The Morgan fingerprint density at radius 1 is 0.633 bits per heavy atom. The zero-order chi connectivity index (χ0) is 21.9. The molecule has 0 amide bonds. The van der Waals surface area contributed by atoms with Crippen molar-refractivity contribution < 1.29 is 31.1 Å². The summed E-state index contributed by atoms with van der Waals surface area (Å²) in [4.78, 5) is 4.40. The predicted octanol–water partition coefficient (Wildman–Crippen LogP) is 6.90. The molecule has 30 heavy (non-hydrogen) atoms. The van der Waals surface area contributed by atoms with E-state index in [2.05, 4.69) is 4.99 Å². The maximum Gasteiger partial charge on any atom is 0.416 e. The van der Waals surface area contributed by atoms with Crippen LogP contribution >= 0.6 is 0 Å². The molecule has 3 rings (SSSR count). The molecule has 2 nitrogen and oxygen atoms in total. The van der Waals surface area contributed by atoms with Crippen LogP contribution in [0.25, 0.3) is 0 Å². The normalized spacial score (nSPS) is 12.7. The van der Waals surface area contributed by atoms with Gasteiger partial charge in [0, 0.05) is 11.1 Å². The second kappa shape index (κ2) is 8.22. The van der Waals surface area contributed by atoms with Crippen LogP contribution in [0.1, 0.15) is 22.3 Å². The van der Waals surface area contributed by atoms with Gasteiger partial charge in [0.05, 0.1) is 29.6 Å². The maximum atomic E-state index is 12.9. The molecule has 0 aliphatic rings. The summed E-state index contributed by atoms with van der Waals surface area (Å²) in [6.07, 6.45) is -8.96. The number of hydrogen-bond donors (Lipinski definition) is 0. The first kappa shape index (κ1) is 21.4. The lowest BCUT2D eigenvalue weighted by Gasteiger charge is -2.12. The first-order valence-electron chi connectivity index (χ1n) is 8.66. The van der Waals surface area contributed by atoms with E-state index >= 15 is 0 Å². The van der Waals surface area contributed by atoms with Crippen molar-refractivity contribution >= 4 is 11.4 Å². The first-order valence-corrected chi connectivity index (χ1v) is 8.66. The summed E-state index contributed by atoms with van der Waals surface area (Å²) >= 11 is 0. The van der Waals surface area contributed by atoms with Gasteiger partial charge in [0.2, 0.25) is 0 Å². The zero-order valence-corrected chi connectivity index (χ0v) is 15.6. The van der Waals surface area contributed by atoms with Gasteiger partial charge in [-0.2, -0.15) is 26.3 Å². The minimum atomic E-state index is -4.48. The molecule has 156 valence electrons. The van der Waals surface area contributed by atoms with Crippen molar-refractivity contribution in [3.8, 4) is 5.75 Å². The Balaban J connectivity index is 2.06. The van der Waals surface area contributed by atoms with Crippen molar-refractivity contribution in [1.29, 1.82) is 0 Å². The van der Waals surface area contributed by atoms with E-state index < -0.39 is 23.5 Å². The third kappa shape index (κ3) is 5.00. The highest BCUT2D eigenvalue weighted by molar-refractivity contribution is 6.14. The molecule has 3 aromatic rings. The molecule has 0 bridgehead atoms. The fourth-order valence-electron chi connectivity index (χ4n) is 2.72. The molecule has 0 N–H and O–H groups in total. The lowest BCUT2D eigenvalue weighted by molar-refractivity contribution is -0.138. The van der Waals surface area contributed by atoms with E-state index in [9.17, 15) is 26.3 Å². The smallest absolute Gasteiger partial charge is 0.416 e. The second-order valence-corrected chi connectivity index (χ2v) is 6.31. The Morgan fingerprint density at radius 2 is 1.03 bits per heavy atom. The second-order valence-electron chi connectivity index (χ2n) is 6.31. The third-order valence-corrected chi connectivity index (χ3v) is 4.28. The number of alkyl halides is 6. The Hall–Kier alpha value is -3.29. The van der Waals surface area contributed by atoms with Crippen LogP contribution in [0.15, 0.2) is 77.8 Å². The van der Waals surface area contributed by atoms with E-state index in [0.29, 0.717) is 22.6 Å². The summed E-state index contributed by atoms with van der Waals surface area (Å²) in [5, 5.41) is 0. The van der Waals surface area contributed by atoms with Crippen molar-refractivity contribution in [3.05, 3.63) is 95.1 Å². The van der Waals surface area contributed by atoms with Gasteiger partial charge >= 0.3 is 12.4 Å². The molecule has 0 aliphatic carbocycles. The molecule has 0 unspecified atom stereocenters. The standard InChI is InChI=1S/C22H15F6NO/c1-30-19-12-4-15(5-13-19)20(14-2-6-16(7-3-14)21(23,24)25)29-18-10-8-17(9-11-18)22(26,27)28/h2-13H,1H3. The summed E-state index contributed by atoms with van der Waals surface area (Å²) in [7, 11) is 1.49. The van der Waals surface area contributed by atoms with Crippen molar-refractivity contribution in [2.45, 2.75) is 12.4 Å². The van der Waals surface area contributed by atoms with Crippen LogP contribution < -0.4 is 4.74 Å². The third-order valence-electron chi connectivity index (χ3n) is 4.28. The number of rotatable bonds is 4. The maximum absolute atomic E-state index is 12.9. The molecule has 3 aromatic carbocycles. The zero-order valence-electron chi connectivity index (χ0n) is 15.6. The molecule has 0 saturated heterocycles. The molecular weight excluding hydrogens is 408 g/mol. The Labute approximate surface area is 168 Å². The first-order chi connectivity index (χ1) is 14.1. The van der Waals surface area contributed by atoms with Gasteiger partial charge in [-0.3, -0.25) is 0 Å². The summed E-state index contributed by atoms with van der Waals surface area (Å²) in [5.74, 6) is 0.569. The highest BCUT2D eigenvalue weighted by atomic mass is 19.4. The molecule has 0 atom stereocenters. The largest absolute Gasteiger partial charge is 0.497 e. The van der Waals surface area contributed by atoms with Gasteiger partial charge < -0.3 is 4.74 Å². The number of benzene rings is 3. The van der Waals surface area contributed by atoms with Gasteiger partial charge in [-0.1, -0.05) is 12.1 Å². The molecular formula is C22H15F6NO.